The Balaban J connectivity index is 2.15. The summed E-state index contributed by atoms with van der Waals surface area (Å²) in [6.45, 7) is 0. The molecule has 0 saturated heterocycles. The summed E-state index contributed by atoms with van der Waals surface area (Å²) in [5, 5.41) is 5.98. The van der Waals surface area contributed by atoms with Crippen LogP contribution >= 0.6 is 0 Å². The van der Waals surface area contributed by atoms with Crippen molar-refractivity contribution in [2.45, 2.75) is 0 Å². The van der Waals surface area contributed by atoms with Crippen LogP contribution in [-0.2, 0) is 0 Å². The molecule has 0 spiro atoms. The number of halogens is 1. The number of imide groups is 1. The van der Waals surface area contributed by atoms with Crippen LogP contribution in [0.1, 0.15) is 20.7 Å². The van der Waals surface area contributed by atoms with Gasteiger partial charge >= 0.3 is 0 Å². The highest BCUT2D eigenvalue weighted by molar-refractivity contribution is 6.33. The number of nitrogens with one attached hydrogen (secondary N) is 1. The first kappa shape index (κ1) is 9.64. The smallest absolute Gasteiger partial charge is 0.268 e. The Hall–Kier alpha value is -2.57. The summed E-state index contributed by atoms with van der Waals surface area (Å²) in [5.41, 5.74) is 0.194. The van der Waals surface area contributed by atoms with Gasteiger partial charge < -0.3 is 0 Å². The average molecular weight is 232 g/mol. The van der Waals surface area contributed by atoms with Gasteiger partial charge in [0.25, 0.3) is 11.8 Å². The maximum Gasteiger partial charge on any atom is 0.268 e. The molecule has 2 heterocycles. The van der Waals surface area contributed by atoms with Crippen molar-refractivity contribution in [3.63, 3.8) is 0 Å². The van der Waals surface area contributed by atoms with Crippen molar-refractivity contribution in [1.82, 2.24) is 15.2 Å². The third-order valence-corrected chi connectivity index (χ3v) is 2.46. The molecule has 2 aromatic rings. The minimum Gasteiger partial charge on any atom is -0.268 e. The molecule has 1 aromatic heterocycles. The van der Waals surface area contributed by atoms with Gasteiger partial charge in [-0.15, -0.1) is 0 Å². The van der Waals surface area contributed by atoms with E-state index in [1.807, 2.05) is 0 Å². The van der Waals surface area contributed by atoms with Crippen LogP contribution in [0.2, 0.25) is 0 Å². The zero-order valence-electron chi connectivity index (χ0n) is 8.35. The SMILES string of the molecule is O=C1c2ccc(F)cc2C(=O)N1c1ncn[nH]1. The fraction of sp³-hybridized carbons (Fsp3) is 0. The number of benzene rings is 1. The van der Waals surface area contributed by atoms with Gasteiger partial charge in [-0.25, -0.2) is 14.4 Å². The molecule has 3 rings (SSSR count). The maximum absolute atomic E-state index is 13.0. The molecule has 0 atom stereocenters. The molecular formula is C10H5FN4O2. The number of aromatic nitrogens is 3. The standard InChI is InChI=1S/C10H5FN4O2/c11-5-1-2-6-7(3-5)9(17)15(8(6)16)10-12-4-13-14-10/h1-4H,(H,12,13,14). The number of nitrogens with zero attached hydrogens (tertiary/aromatic N) is 3. The van der Waals surface area contributed by atoms with Crippen LogP contribution < -0.4 is 4.90 Å². The number of hydrogen-bond donors (Lipinski definition) is 1. The van der Waals surface area contributed by atoms with Gasteiger partial charge in [-0.05, 0) is 18.2 Å². The van der Waals surface area contributed by atoms with Crippen molar-refractivity contribution >= 4 is 17.8 Å². The Morgan fingerprint density at radius 1 is 1.18 bits per heavy atom. The molecule has 84 valence electrons. The Labute approximate surface area is 94.1 Å². The molecular weight excluding hydrogens is 227 g/mol. The van der Waals surface area contributed by atoms with E-state index in [1.165, 1.54) is 12.4 Å². The molecule has 1 aliphatic rings. The van der Waals surface area contributed by atoms with Crippen molar-refractivity contribution in [2.75, 3.05) is 4.90 Å². The van der Waals surface area contributed by atoms with Gasteiger partial charge in [0.05, 0.1) is 11.1 Å². The lowest BCUT2D eigenvalue weighted by Crippen LogP contribution is -2.30. The largest absolute Gasteiger partial charge is 0.268 e. The lowest BCUT2D eigenvalue weighted by Gasteiger charge is -2.07. The van der Waals surface area contributed by atoms with Crippen molar-refractivity contribution in [3.8, 4) is 0 Å². The average Bonchev–Trinajstić information content (AvgIpc) is 2.88. The zero-order valence-corrected chi connectivity index (χ0v) is 8.35. The van der Waals surface area contributed by atoms with E-state index in [2.05, 4.69) is 15.2 Å². The first-order chi connectivity index (χ1) is 8.18. The van der Waals surface area contributed by atoms with Crippen LogP contribution in [0.3, 0.4) is 0 Å². The Morgan fingerprint density at radius 3 is 2.65 bits per heavy atom. The van der Waals surface area contributed by atoms with E-state index in [-0.39, 0.29) is 17.1 Å². The molecule has 0 saturated carbocycles. The predicted molar refractivity (Wildman–Crippen MR) is 53.9 cm³/mol. The van der Waals surface area contributed by atoms with Gasteiger partial charge in [0, 0.05) is 0 Å². The van der Waals surface area contributed by atoms with E-state index in [4.69, 9.17) is 0 Å². The summed E-state index contributed by atoms with van der Waals surface area (Å²) >= 11 is 0. The fourth-order valence-corrected chi connectivity index (χ4v) is 1.71. The summed E-state index contributed by atoms with van der Waals surface area (Å²) < 4.78 is 13.0. The van der Waals surface area contributed by atoms with Crippen molar-refractivity contribution in [2.24, 2.45) is 0 Å². The van der Waals surface area contributed by atoms with Gasteiger partial charge in [-0.2, -0.15) is 10.1 Å². The summed E-state index contributed by atoms with van der Waals surface area (Å²) in [5.74, 6) is -1.69. The summed E-state index contributed by atoms with van der Waals surface area (Å²) in [7, 11) is 0. The van der Waals surface area contributed by atoms with E-state index in [0.717, 1.165) is 17.0 Å². The number of carbonyl (C=O) groups excluding carboxylic acids is 2. The van der Waals surface area contributed by atoms with Crippen molar-refractivity contribution < 1.29 is 14.0 Å². The zero-order chi connectivity index (χ0) is 12.0. The van der Waals surface area contributed by atoms with Gasteiger partial charge in [-0.3, -0.25) is 9.59 Å². The topological polar surface area (TPSA) is 79.0 Å². The molecule has 1 N–H and O–H groups in total. The van der Waals surface area contributed by atoms with Crippen LogP contribution in [0.15, 0.2) is 24.5 Å². The third-order valence-electron chi connectivity index (χ3n) is 2.46. The van der Waals surface area contributed by atoms with E-state index in [9.17, 15) is 14.0 Å². The molecule has 0 radical (unpaired) electrons. The Bertz CT molecular complexity index is 623. The lowest BCUT2D eigenvalue weighted by atomic mass is 10.1. The summed E-state index contributed by atoms with van der Waals surface area (Å²) in [6.07, 6.45) is 1.18. The normalized spacial score (nSPS) is 14.3. The second-order valence-electron chi connectivity index (χ2n) is 3.44. The van der Waals surface area contributed by atoms with E-state index >= 15 is 0 Å². The fourth-order valence-electron chi connectivity index (χ4n) is 1.71. The highest BCUT2D eigenvalue weighted by atomic mass is 19.1. The lowest BCUT2D eigenvalue weighted by molar-refractivity contribution is 0.0924. The number of rotatable bonds is 1. The van der Waals surface area contributed by atoms with E-state index < -0.39 is 17.6 Å². The summed E-state index contributed by atoms with van der Waals surface area (Å²) in [4.78, 5) is 28.4. The third kappa shape index (κ3) is 1.25. The number of H-pyrrole nitrogens is 1. The predicted octanol–water partition coefficient (Wildman–Crippen LogP) is 0.744. The second kappa shape index (κ2) is 3.21. The van der Waals surface area contributed by atoms with Crippen LogP contribution in [-0.4, -0.2) is 27.0 Å². The highest BCUT2D eigenvalue weighted by Crippen LogP contribution is 2.26. The van der Waals surface area contributed by atoms with Gasteiger partial charge in [-0.1, -0.05) is 0 Å². The quantitative estimate of drug-likeness (QED) is 0.735. The van der Waals surface area contributed by atoms with Crippen molar-refractivity contribution in [3.05, 3.63) is 41.5 Å². The minimum absolute atomic E-state index is 0.0246. The van der Waals surface area contributed by atoms with E-state index in [1.54, 1.807) is 0 Å². The molecule has 0 fully saturated rings. The maximum atomic E-state index is 13.0. The number of amides is 2. The van der Waals surface area contributed by atoms with Gasteiger partial charge in [0.2, 0.25) is 5.95 Å². The molecule has 0 aliphatic carbocycles. The van der Waals surface area contributed by atoms with Crippen LogP contribution in [0.4, 0.5) is 10.3 Å². The molecule has 17 heavy (non-hydrogen) atoms. The molecule has 1 aromatic carbocycles. The van der Waals surface area contributed by atoms with Crippen LogP contribution in [0.5, 0.6) is 0 Å². The molecule has 1 aliphatic heterocycles. The van der Waals surface area contributed by atoms with Crippen LogP contribution in [0, 0.1) is 5.82 Å². The van der Waals surface area contributed by atoms with Crippen molar-refractivity contribution in [1.29, 1.82) is 0 Å². The minimum atomic E-state index is -0.610. The summed E-state index contributed by atoms with van der Waals surface area (Å²) in [6, 6.07) is 3.45. The van der Waals surface area contributed by atoms with E-state index in [0.29, 0.717) is 0 Å². The number of aromatic amines is 1. The molecule has 6 nitrogen and oxygen atoms in total. The number of anilines is 1. The van der Waals surface area contributed by atoms with Gasteiger partial charge in [0.15, 0.2) is 0 Å². The van der Waals surface area contributed by atoms with Crippen LogP contribution in [0.25, 0.3) is 0 Å². The highest BCUT2D eigenvalue weighted by Gasteiger charge is 2.38. The molecule has 2 amide bonds. The Kier molecular flexibility index (Phi) is 1.82. The molecule has 0 bridgehead atoms. The second-order valence-corrected chi connectivity index (χ2v) is 3.44. The first-order valence-electron chi connectivity index (χ1n) is 4.72. The monoisotopic (exact) mass is 232 g/mol. The number of carbonyl (C=O) groups is 2. The number of fused-ring (bicyclic) bond motifs is 1. The first-order valence-corrected chi connectivity index (χ1v) is 4.72. The number of hydrogen-bond acceptors (Lipinski definition) is 4. The Morgan fingerprint density at radius 2 is 1.94 bits per heavy atom. The molecule has 7 heteroatoms. The van der Waals surface area contributed by atoms with Gasteiger partial charge in [0.1, 0.15) is 12.1 Å². The molecule has 0 unspecified atom stereocenters.